The van der Waals surface area contributed by atoms with Crippen LogP contribution in [0.3, 0.4) is 0 Å². The molecule has 3 saturated heterocycles. The summed E-state index contributed by atoms with van der Waals surface area (Å²) in [6.45, 7) is 7.54. The Morgan fingerprint density at radius 1 is 1.18 bits per heavy atom. The fourth-order valence-electron chi connectivity index (χ4n) is 5.25. The molecule has 0 spiro atoms. The van der Waals surface area contributed by atoms with E-state index in [0.717, 1.165) is 76.8 Å². The highest BCUT2D eigenvalue weighted by atomic mass is 16.2. The molecule has 4 rings (SSSR count). The van der Waals surface area contributed by atoms with Gasteiger partial charge in [-0.3, -0.25) is 14.6 Å². The Morgan fingerprint density at radius 3 is 2.57 bits per heavy atom. The van der Waals surface area contributed by atoms with Gasteiger partial charge in [-0.1, -0.05) is 0 Å². The van der Waals surface area contributed by atoms with Gasteiger partial charge in [-0.05, 0) is 76.1 Å². The number of likely N-dealkylation sites (tertiary alicyclic amines) is 1. The van der Waals surface area contributed by atoms with E-state index in [1.54, 1.807) is 12.4 Å². The van der Waals surface area contributed by atoms with E-state index in [4.69, 9.17) is 0 Å². The minimum Gasteiger partial charge on any atom is -0.352 e. The van der Waals surface area contributed by atoms with Gasteiger partial charge in [-0.2, -0.15) is 0 Å². The lowest BCUT2D eigenvalue weighted by atomic mass is 9.72. The summed E-state index contributed by atoms with van der Waals surface area (Å²) in [4.78, 5) is 34.3. The zero-order valence-corrected chi connectivity index (χ0v) is 17.0. The van der Waals surface area contributed by atoms with Crippen LogP contribution in [0.25, 0.3) is 0 Å². The predicted molar refractivity (Wildman–Crippen MR) is 108 cm³/mol. The Balaban J connectivity index is 1.27. The third kappa shape index (κ3) is 3.93. The van der Waals surface area contributed by atoms with Crippen molar-refractivity contribution in [2.24, 2.45) is 11.3 Å². The minimum absolute atomic E-state index is 0.0486. The molecule has 6 heteroatoms. The third-order valence-corrected chi connectivity index (χ3v) is 6.98. The SMILES string of the molecule is Cc1ccncc1C(=O)NCC1CCN(C(=O)C23CCCN(CCC2)C3)CC1. The van der Waals surface area contributed by atoms with Gasteiger partial charge < -0.3 is 15.1 Å². The molecule has 0 unspecified atom stereocenters. The largest absolute Gasteiger partial charge is 0.352 e. The minimum atomic E-state index is -0.116. The Labute approximate surface area is 167 Å². The molecular weight excluding hydrogens is 352 g/mol. The fourth-order valence-corrected chi connectivity index (χ4v) is 5.25. The van der Waals surface area contributed by atoms with E-state index < -0.39 is 0 Å². The molecule has 0 atom stereocenters. The normalized spacial score (nSPS) is 28.0. The number of carbonyl (C=O) groups excluding carboxylic acids is 2. The summed E-state index contributed by atoms with van der Waals surface area (Å²) >= 11 is 0. The lowest BCUT2D eigenvalue weighted by molar-refractivity contribution is -0.150. The first-order valence-corrected chi connectivity index (χ1v) is 10.8. The number of hydrogen-bond acceptors (Lipinski definition) is 4. The first-order valence-electron chi connectivity index (χ1n) is 10.8. The van der Waals surface area contributed by atoms with E-state index >= 15 is 0 Å². The number of amides is 2. The summed E-state index contributed by atoms with van der Waals surface area (Å²) in [5.41, 5.74) is 1.48. The van der Waals surface area contributed by atoms with Gasteiger partial charge in [0.15, 0.2) is 0 Å². The van der Waals surface area contributed by atoms with Gasteiger partial charge in [0.2, 0.25) is 5.91 Å². The van der Waals surface area contributed by atoms with Crippen molar-refractivity contribution in [1.29, 1.82) is 0 Å². The fraction of sp³-hybridized carbons (Fsp3) is 0.682. The smallest absolute Gasteiger partial charge is 0.253 e. The van der Waals surface area contributed by atoms with Gasteiger partial charge in [0.25, 0.3) is 5.91 Å². The molecule has 152 valence electrons. The molecular formula is C22H32N4O2. The molecule has 2 bridgehead atoms. The molecule has 3 aliphatic rings. The number of fused-ring (bicyclic) bond motifs is 2. The first-order chi connectivity index (χ1) is 13.6. The van der Waals surface area contributed by atoms with Crippen molar-refractivity contribution < 1.29 is 9.59 Å². The number of nitrogens with one attached hydrogen (secondary N) is 1. The van der Waals surface area contributed by atoms with Crippen LogP contribution in [0.4, 0.5) is 0 Å². The van der Waals surface area contributed by atoms with Crippen LogP contribution in [-0.4, -0.2) is 65.9 Å². The summed E-state index contributed by atoms with van der Waals surface area (Å²) in [5, 5.41) is 3.06. The highest BCUT2D eigenvalue weighted by Crippen LogP contribution is 2.40. The van der Waals surface area contributed by atoms with Gasteiger partial charge >= 0.3 is 0 Å². The van der Waals surface area contributed by atoms with E-state index in [2.05, 4.69) is 20.1 Å². The van der Waals surface area contributed by atoms with Crippen molar-refractivity contribution in [2.75, 3.05) is 39.3 Å². The number of aryl methyl sites for hydroxylation is 1. The van der Waals surface area contributed by atoms with Crippen molar-refractivity contribution >= 4 is 11.8 Å². The van der Waals surface area contributed by atoms with Crippen LogP contribution >= 0.6 is 0 Å². The van der Waals surface area contributed by atoms with Gasteiger partial charge in [0.1, 0.15) is 0 Å². The topological polar surface area (TPSA) is 65.5 Å². The van der Waals surface area contributed by atoms with Crippen LogP contribution in [0.15, 0.2) is 18.5 Å². The standard InChI is InChI=1S/C22H32N4O2/c1-17-4-9-23-15-19(17)20(27)24-14-18-5-12-26(13-6-18)21(28)22-7-2-10-25(16-22)11-3-8-22/h4,9,15,18H,2-3,5-8,10-14,16H2,1H3,(H,24,27). The second kappa shape index (κ2) is 8.19. The predicted octanol–water partition coefficient (Wildman–Crippen LogP) is 2.23. The second-order valence-corrected chi connectivity index (χ2v) is 8.90. The zero-order valence-electron chi connectivity index (χ0n) is 17.0. The molecule has 1 N–H and O–H groups in total. The number of carbonyl (C=O) groups is 2. The van der Waals surface area contributed by atoms with Crippen LogP contribution in [0.5, 0.6) is 0 Å². The maximum atomic E-state index is 13.3. The summed E-state index contributed by atoms with van der Waals surface area (Å²) < 4.78 is 0. The van der Waals surface area contributed by atoms with Crippen molar-refractivity contribution in [3.63, 3.8) is 0 Å². The van der Waals surface area contributed by atoms with Crippen molar-refractivity contribution in [3.05, 3.63) is 29.6 Å². The maximum absolute atomic E-state index is 13.3. The molecule has 28 heavy (non-hydrogen) atoms. The number of aromatic nitrogens is 1. The lowest BCUT2D eigenvalue weighted by Crippen LogP contribution is -2.57. The van der Waals surface area contributed by atoms with Crippen LogP contribution in [0, 0.1) is 18.3 Å². The number of hydrogen-bond donors (Lipinski definition) is 1. The van der Waals surface area contributed by atoms with E-state index in [1.807, 2.05) is 13.0 Å². The molecule has 0 aliphatic carbocycles. The molecule has 3 aliphatic heterocycles. The summed E-state index contributed by atoms with van der Waals surface area (Å²) in [5.74, 6) is 0.787. The van der Waals surface area contributed by atoms with Gasteiger partial charge in [-0.25, -0.2) is 0 Å². The summed E-state index contributed by atoms with van der Waals surface area (Å²) in [6.07, 6.45) is 9.70. The summed E-state index contributed by atoms with van der Waals surface area (Å²) in [6, 6.07) is 1.86. The first kappa shape index (κ1) is 19.4. The van der Waals surface area contributed by atoms with Gasteiger partial charge in [0.05, 0.1) is 11.0 Å². The molecule has 0 aromatic carbocycles. The van der Waals surface area contributed by atoms with Crippen molar-refractivity contribution in [1.82, 2.24) is 20.1 Å². The molecule has 3 fully saturated rings. The molecule has 6 nitrogen and oxygen atoms in total. The van der Waals surface area contributed by atoms with Crippen LogP contribution in [-0.2, 0) is 4.79 Å². The Kier molecular flexibility index (Phi) is 5.67. The monoisotopic (exact) mass is 384 g/mol. The van der Waals surface area contributed by atoms with E-state index in [1.165, 1.54) is 0 Å². The molecule has 0 saturated carbocycles. The average Bonchev–Trinajstić information content (AvgIpc) is 2.72. The van der Waals surface area contributed by atoms with Gasteiger partial charge in [-0.15, -0.1) is 0 Å². The molecule has 1 aromatic rings. The molecule has 0 radical (unpaired) electrons. The molecule has 4 heterocycles. The molecule has 1 aromatic heterocycles. The second-order valence-electron chi connectivity index (χ2n) is 8.90. The van der Waals surface area contributed by atoms with Gasteiger partial charge in [0, 0.05) is 38.6 Å². The molecule has 2 amide bonds. The lowest BCUT2D eigenvalue weighted by Gasteiger charge is -2.48. The number of pyridine rings is 1. The summed E-state index contributed by atoms with van der Waals surface area (Å²) in [7, 11) is 0. The third-order valence-electron chi connectivity index (χ3n) is 6.98. The van der Waals surface area contributed by atoms with Crippen molar-refractivity contribution in [3.8, 4) is 0 Å². The Bertz CT molecular complexity index is 717. The highest BCUT2D eigenvalue weighted by Gasteiger charge is 2.46. The van der Waals surface area contributed by atoms with Crippen LogP contribution in [0.1, 0.15) is 54.4 Å². The van der Waals surface area contributed by atoms with E-state index in [0.29, 0.717) is 23.9 Å². The number of nitrogens with zero attached hydrogens (tertiary/aromatic N) is 3. The van der Waals surface area contributed by atoms with E-state index in [-0.39, 0.29) is 11.3 Å². The number of piperidine rings is 3. The Morgan fingerprint density at radius 2 is 1.89 bits per heavy atom. The zero-order chi connectivity index (χ0) is 19.6. The Hall–Kier alpha value is -1.95. The van der Waals surface area contributed by atoms with E-state index in [9.17, 15) is 9.59 Å². The van der Waals surface area contributed by atoms with Crippen LogP contribution < -0.4 is 5.32 Å². The number of rotatable bonds is 4. The maximum Gasteiger partial charge on any atom is 0.253 e. The van der Waals surface area contributed by atoms with Crippen LogP contribution in [0.2, 0.25) is 0 Å². The highest BCUT2D eigenvalue weighted by molar-refractivity contribution is 5.95. The average molecular weight is 385 g/mol. The quantitative estimate of drug-likeness (QED) is 0.865. The van der Waals surface area contributed by atoms with Crippen molar-refractivity contribution in [2.45, 2.75) is 45.4 Å².